The van der Waals surface area contributed by atoms with Gasteiger partial charge in [-0.2, -0.15) is 0 Å². The molecule has 13 heteroatoms. The number of hydrogen-bond donors (Lipinski definition) is 5. The van der Waals surface area contributed by atoms with Crippen molar-refractivity contribution in [2.45, 2.75) is 32.4 Å². The van der Waals surface area contributed by atoms with Crippen LogP contribution in [0.2, 0.25) is 0 Å². The topological polar surface area (TPSA) is 181 Å². The minimum absolute atomic E-state index is 0. The van der Waals surface area contributed by atoms with Crippen molar-refractivity contribution < 1.29 is 14.3 Å². The molecular formula is C22H21ClFN5O5S. The molecule has 0 saturated carbocycles. The van der Waals surface area contributed by atoms with E-state index in [9.17, 15) is 23.6 Å². The van der Waals surface area contributed by atoms with Gasteiger partial charge in [-0.1, -0.05) is 6.07 Å². The van der Waals surface area contributed by atoms with Crippen LogP contribution in [0.15, 0.2) is 32.6 Å². The van der Waals surface area contributed by atoms with Crippen LogP contribution in [0.1, 0.15) is 38.6 Å². The first-order chi connectivity index (χ1) is 16.2. The summed E-state index contributed by atoms with van der Waals surface area (Å²) in [7, 11) is 0. The molecule has 0 radical (unpaired) electrons. The highest BCUT2D eigenvalue weighted by Crippen LogP contribution is 2.34. The van der Waals surface area contributed by atoms with Crippen LogP contribution < -0.4 is 33.2 Å². The van der Waals surface area contributed by atoms with Crippen LogP contribution >= 0.6 is 23.7 Å². The fourth-order valence-corrected chi connectivity index (χ4v) is 5.02. The molecule has 2 heterocycles. The number of aromatic nitrogens is 2. The van der Waals surface area contributed by atoms with Crippen molar-refractivity contribution in [3.05, 3.63) is 82.2 Å². The monoisotopic (exact) mass is 521 g/mol. The fraction of sp³-hybridized carbons (Fsp3) is 0.227. The number of halogens is 2. The molecule has 0 fully saturated rings. The largest absolute Gasteiger partial charge is 0.475 e. The van der Waals surface area contributed by atoms with Crippen LogP contribution in [-0.4, -0.2) is 21.0 Å². The van der Waals surface area contributed by atoms with Crippen molar-refractivity contribution in [1.29, 1.82) is 0 Å². The Balaban J connectivity index is 0.000000191. The third-order valence-corrected chi connectivity index (χ3v) is 6.71. The minimum Gasteiger partial charge on any atom is -0.475 e. The molecule has 0 spiro atoms. The summed E-state index contributed by atoms with van der Waals surface area (Å²) >= 11 is 1.44. The number of carbonyl (C=O) groups is 1. The maximum Gasteiger partial charge on any atom is 0.372 e. The molecule has 4 aromatic rings. The Labute approximate surface area is 206 Å². The lowest BCUT2D eigenvalue weighted by molar-refractivity contribution is 0.0683. The number of anilines is 2. The van der Waals surface area contributed by atoms with Crippen LogP contribution in [-0.2, 0) is 25.9 Å². The number of hydrogen-bond acceptors (Lipinski definition) is 9. The average molecular weight is 522 g/mol. The van der Waals surface area contributed by atoms with Gasteiger partial charge in [0.1, 0.15) is 22.0 Å². The number of carboxylic acid groups (broad SMARTS) is 1. The summed E-state index contributed by atoms with van der Waals surface area (Å²) in [5, 5.41) is 12.0. The van der Waals surface area contributed by atoms with Gasteiger partial charge in [-0.15, -0.1) is 23.7 Å². The third kappa shape index (κ3) is 4.94. The van der Waals surface area contributed by atoms with Gasteiger partial charge in [0.05, 0.1) is 5.39 Å². The summed E-state index contributed by atoms with van der Waals surface area (Å²) in [6.45, 7) is 0.379. The normalized spacial score (nSPS) is 12.1. The molecule has 1 aliphatic carbocycles. The number of rotatable bonds is 5. The second kappa shape index (κ2) is 10.3. The molecule has 0 bridgehead atoms. The van der Waals surface area contributed by atoms with Crippen LogP contribution in [0.5, 0.6) is 0 Å². The summed E-state index contributed by atoms with van der Waals surface area (Å²) in [5.41, 5.74) is 11.3. The highest BCUT2D eigenvalue weighted by molar-refractivity contribution is 7.18. The Kier molecular flexibility index (Phi) is 7.68. The van der Waals surface area contributed by atoms with Crippen molar-refractivity contribution in [2.75, 3.05) is 11.1 Å². The van der Waals surface area contributed by atoms with Gasteiger partial charge in [-0.3, -0.25) is 14.4 Å². The minimum atomic E-state index is -1.20. The van der Waals surface area contributed by atoms with E-state index in [2.05, 4.69) is 15.3 Å². The second-order valence-electron chi connectivity index (χ2n) is 7.69. The van der Waals surface area contributed by atoms with Gasteiger partial charge >= 0.3 is 5.97 Å². The number of H-pyrrole nitrogens is 1. The number of nitrogens with two attached hydrogens (primary N) is 2. The molecule has 0 atom stereocenters. The lowest BCUT2D eigenvalue weighted by Gasteiger charge is -2.11. The van der Waals surface area contributed by atoms with E-state index < -0.39 is 22.6 Å². The molecule has 10 nitrogen and oxygen atoms in total. The third-order valence-electron chi connectivity index (χ3n) is 5.53. The Morgan fingerprint density at radius 1 is 1.23 bits per heavy atom. The predicted octanol–water partition coefficient (Wildman–Crippen LogP) is 1.67. The lowest BCUT2D eigenvalue weighted by Crippen LogP contribution is -2.37. The van der Waals surface area contributed by atoms with Crippen LogP contribution in [0.4, 0.5) is 15.8 Å². The molecule has 1 aliphatic rings. The Bertz CT molecular complexity index is 1560. The van der Waals surface area contributed by atoms with Crippen molar-refractivity contribution >= 4 is 51.3 Å². The highest BCUT2D eigenvalue weighted by atomic mass is 35.5. The van der Waals surface area contributed by atoms with E-state index in [0.29, 0.717) is 22.3 Å². The first-order valence-corrected chi connectivity index (χ1v) is 11.1. The first kappa shape index (κ1) is 26.0. The molecule has 2 aromatic heterocycles. The molecule has 7 N–H and O–H groups in total. The molecule has 0 amide bonds. The first-order valence-electron chi connectivity index (χ1n) is 10.3. The number of aromatic carboxylic acids is 1. The number of nitrogens with one attached hydrogen (secondary N) is 2. The van der Waals surface area contributed by atoms with Crippen molar-refractivity contribution in [3.63, 3.8) is 0 Å². The summed E-state index contributed by atoms with van der Waals surface area (Å²) in [6, 6.07) is 4.50. The zero-order valence-corrected chi connectivity index (χ0v) is 19.8. The van der Waals surface area contributed by atoms with Crippen LogP contribution in [0, 0.1) is 5.82 Å². The molecule has 0 saturated heterocycles. The van der Waals surface area contributed by atoms with Crippen molar-refractivity contribution in [1.82, 2.24) is 9.97 Å². The SMILES string of the molecule is Cl.NCc1ccc(F)c(CNc2c(N)c(=O)c2=O)c1.O=C(O)c1nc2sc3c(c2c(=O)[nH]1)CCC3. The summed E-state index contributed by atoms with van der Waals surface area (Å²) in [6.07, 6.45) is 2.93. The van der Waals surface area contributed by atoms with Crippen LogP contribution in [0.3, 0.4) is 0 Å². The van der Waals surface area contributed by atoms with Gasteiger partial charge in [0.2, 0.25) is 5.82 Å². The van der Waals surface area contributed by atoms with E-state index >= 15 is 0 Å². The zero-order valence-electron chi connectivity index (χ0n) is 18.1. The molecule has 0 aliphatic heterocycles. The van der Waals surface area contributed by atoms with E-state index in [1.54, 1.807) is 12.1 Å². The highest BCUT2D eigenvalue weighted by Gasteiger charge is 2.22. The maximum atomic E-state index is 13.5. The summed E-state index contributed by atoms with van der Waals surface area (Å²) in [4.78, 5) is 52.5. The lowest BCUT2D eigenvalue weighted by atomic mass is 10.1. The number of nitrogen functional groups attached to an aromatic ring is 1. The van der Waals surface area contributed by atoms with Gasteiger partial charge in [0.25, 0.3) is 16.4 Å². The van der Waals surface area contributed by atoms with Gasteiger partial charge in [0.15, 0.2) is 0 Å². The summed E-state index contributed by atoms with van der Waals surface area (Å²) in [5.74, 6) is -1.89. The number of thiophene rings is 1. The summed E-state index contributed by atoms with van der Waals surface area (Å²) < 4.78 is 13.5. The molecular weight excluding hydrogens is 501 g/mol. The number of aryl methyl sites for hydroxylation is 2. The number of carboxylic acids is 1. The quantitative estimate of drug-likeness (QED) is 0.244. The van der Waals surface area contributed by atoms with Gasteiger partial charge in [-0.05, 0) is 42.5 Å². The Morgan fingerprint density at radius 2 is 1.97 bits per heavy atom. The van der Waals surface area contributed by atoms with E-state index in [-0.39, 0.29) is 41.7 Å². The van der Waals surface area contributed by atoms with E-state index in [0.717, 1.165) is 30.4 Å². The number of benzene rings is 1. The maximum absolute atomic E-state index is 13.5. The van der Waals surface area contributed by atoms with Gasteiger partial charge in [0, 0.05) is 23.5 Å². The molecule has 184 valence electrons. The molecule has 5 rings (SSSR count). The van der Waals surface area contributed by atoms with Gasteiger partial charge in [-0.25, -0.2) is 14.2 Å². The Morgan fingerprint density at radius 3 is 2.63 bits per heavy atom. The standard InChI is InChI=1S/C12H12FN3O2.C10H8N2O3S.ClH/c13-8-2-1-6(4-14)3-7(8)5-16-10-9(15)11(17)12(10)18;13-8-6-4-2-1-3-5(4)16-9(6)12-7(11-8)10(14)15;/h1-3,16H,4-5,14-15H2;1-3H2,(H,14,15)(H,11,12,13);1H. The molecule has 0 unspecified atom stereocenters. The fourth-order valence-electron chi connectivity index (χ4n) is 3.76. The van der Waals surface area contributed by atoms with Crippen molar-refractivity contribution in [3.8, 4) is 0 Å². The van der Waals surface area contributed by atoms with Gasteiger partial charge < -0.3 is 26.9 Å². The zero-order chi connectivity index (χ0) is 24.6. The smallest absolute Gasteiger partial charge is 0.372 e. The van der Waals surface area contributed by atoms with E-state index in [1.807, 2.05) is 0 Å². The van der Waals surface area contributed by atoms with E-state index in [4.69, 9.17) is 16.6 Å². The Hall–Kier alpha value is -3.61. The second-order valence-corrected chi connectivity index (χ2v) is 8.77. The predicted molar refractivity (Wildman–Crippen MR) is 134 cm³/mol. The average Bonchev–Trinajstić information content (AvgIpc) is 3.41. The molecule has 35 heavy (non-hydrogen) atoms. The number of aromatic amines is 1. The van der Waals surface area contributed by atoms with E-state index in [1.165, 1.54) is 22.3 Å². The van der Waals surface area contributed by atoms with Crippen molar-refractivity contribution in [2.24, 2.45) is 5.73 Å². The number of fused-ring (bicyclic) bond motifs is 3. The van der Waals surface area contributed by atoms with Crippen LogP contribution in [0.25, 0.3) is 10.2 Å². The molecule has 2 aromatic carbocycles. The number of nitrogens with zero attached hydrogens (tertiary/aromatic N) is 1.